The average Bonchev–Trinajstić information content (AvgIpc) is 2.47. The Morgan fingerprint density at radius 2 is 2.00 bits per heavy atom. The number of sulfonamides is 1. The summed E-state index contributed by atoms with van der Waals surface area (Å²) in [5.74, 6) is -1.38. The minimum absolute atomic E-state index is 0.179. The van der Waals surface area contributed by atoms with Gasteiger partial charge in [-0.2, -0.15) is 4.31 Å². The molecule has 2 rings (SSSR count). The first-order chi connectivity index (χ1) is 9.48. The zero-order valence-electron chi connectivity index (χ0n) is 10.9. The van der Waals surface area contributed by atoms with Crippen molar-refractivity contribution in [3.63, 3.8) is 0 Å². The zero-order chi connectivity index (χ0) is 14.8. The number of nitrogens with zero attached hydrogens (tertiary/aromatic N) is 1. The van der Waals surface area contributed by atoms with Gasteiger partial charge in [0.25, 0.3) is 0 Å². The number of carbonyl (C=O) groups is 1. The maximum absolute atomic E-state index is 12.4. The smallest absolute Gasteiger partial charge is 0.341 e. The van der Waals surface area contributed by atoms with E-state index in [0.717, 1.165) is 7.11 Å². The molecule has 1 aromatic carbocycles. The van der Waals surface area contributed by atoms with Gasteiger partial charge in [-0.05, 0) is 12.1 Å². The maximum Gasteiger partial charge on any atom is 0.341 e. The van der Waals surface area contributed by atoms with Crippen LogP contribution in [0.5, 0.6) is 5.75 Å². The number of methoxy groups -OCH3 is 1. The Hall–Kier alpha value is -1.64. The molecule has 0 aromatic heterocycles. The van der Waals surface area contributed by atoms with Crippen LogP contribution in [0.2, 0.25) is 0 Å². The van der Waals surface area contributed by atoms with Gasteiger partial charge in [0, 0.05) is 13.1 Å². The Morgan fingerprint density at radius 3 is 2.60 bits per heavy atom. The van der Waals surface area contributed by atoms with E-state index in [0.29, 0.717) is 13.2 Å². The molecule has 20 heavy (non-hydrogen) atoms. The van der Waals surface area contributed by atoms with Crippen molar-refractivity contribution < 1.29 is 27.8 Å². The largest absolute Gasteiger partial charge is 0.506 e. The van der Waals surface area contributed by atoms with E-state index >= 15 is 0 Å². The average molecular weight is 301 g/mol. The minimum atomic E-state index is -3.86. The van der Waals surface area contributed by atoms with Gasteiger partial charge in [-0.15, -0.1) is 0 Å². The highest BCUT2D eigenvalue weighted by atomic mass is 32.2. The highest BCUT2D eigenvalue weighted by Gasteiger charge is 2.30. The number of morpholine rings is 1. The number of aromatic hydroxyl groups is 1. The third-order valence-electron chi connectivity index (χ3n) is 2.99. The minimum Gasteiger partial charge on any atom is -0.506 e. The molecule has 0 aliphatic carbocycles. The summed E-state index contributed by atoms with van der Waals surface area (Å²) in [6.45, 7) is 1.03. The fourth-order valence-corrected chi connectivity index (χ4v) is 3.44. The Kier molecular flexibility index (Phi) is 4.26. The first kappa shape index (κ1) is 14.8. The highest BCUT2D eigenvalue weighted by molar-refractivity contribution is 7.89. The Morgan fingerprint density at radius 1 is 1.35 bits per heavy atom. The van der Waals surface area contributed by atoms with Gasteiger partial charge in [0.15, 0.2) is 0 Å². The van der Waals surface area contributed by atoms with Gasteiger partial charge < -0.3 is 14.6 Å². The number of rotatable bonds is 3. The van der Waals surface area contributed by atoms with E-state index in [1.54, 1.807) is 0 Å². The molecule has 0 bridgehead atoms. The van der Waals surface area contributed by atoms with Crippen LogP contribution >= 0.6 is 0 Å². The lowest BCUT2D eigenvalue weighted by atomic mass is 10.2. The Labute approximate surface area is 116 Å². The molecule has 110 valence electrons. The normalized spacial score (nSPS) is 16.9. The molecule has 0 amide bonds. The van der Waals surface area contributed by atoms with E-state index in [2.05, 4.69) is 4.74 Å². The third kappa shape index (κ3) is 2.62. The van der Waals surface area contributed by atoms with Crippen LogP contribution in [0.1, 0.15) is 10.4 Å². The molecule has 1 aliphatic rings. The lowest BCUT2D eigenvalue weighted by Gasteiger charge is -2.26. The van der Waals surface area contributed by atoms with E-state index in [-0.39, 0.29) is 23.5 Å². The number of benzene rings is 1. The highest BCUT2D eigenvalue weighted by Crippen LogP contribution is 2.30. The SMILES string of the molecule is COC(=O)c1cccc(S(=O)(=O)N2CCOCC2)c1O. The molecule has 0 saturated carbocycles. The summed E-state index contributed by atoms with van der Waals surface area (Å²) in [7, 11) is -2.70. The first-order valence-electron chi connectivity index (χ1n) is 5.96. The molecule has 1 aromatic rings. The van der Waals surface area contributed by atoms with Gasteiger partial charge >= 0.3 is 5.97 Å². The van der Waals surface area contributed by atoms with Crippen molar-refractivity contribution in [2.45, 2.75) is 4.90 Å². The van der Waals surface area contributed by atoms with E-state index in [1.807, 2.05) is 0 Å². The molecule has 0 atom stereocenters. The van der Waals surface area contributed by atoms with Crippen LogP contribution in [0.3, 0.4) is 0 Å². The lowest BCUT2D eigenvalue weighted by molar-refractivity contribution is 0.0596. The van der Waals surface area contributed by atoms with Crippen LogP contribution in [-0.4, -0.2) is 57.2 Å². The van der Waals surface area contributed by atoms with Gasteiger partial charge in [-0.1, -0.05) is 6.07 Å². The van der Waals surface area contributed by atoms with Crippen molar-refractivity contribution in [1.82, 2.24) is 4.31 Å². The second kappa shape index (κ2) is 5.78. The third-order valence-corrected chi connectivity index (χ3v) is 4.92. The summed E-state index contributed by atoms with van der Waals surface area (Å²) in [5, 5.41) is 10.0. The molecule has 1 N–H and O–H groups in total. The monoisotopic (exact) mass is 301 g/mol. The first-order valence-corrected chi connectivity index (χ1v) is 7.40. The maximum atomic E-state index is 12.4. The quantitative estimate of drug-likeness (QED) is 0.802. The second-order valence-corrected chi connectivity index (χ2v) is 6.07. The van der Waals surface area contributed by atoms with Crippen molar-refractivity contribution in [2.75, 3.05) is 33.4 Å². The molecular formula is C12H15NO6S. The molecule has 7 nitrogen and oxygen atoms in total. The standard InChI is InChI=1S/C12H15NO6S/c1-18-12(15)9-3-2-4-10(11(9)14)20(16,17)13-5-7-19-8-6-13/h2-4,14H,5-8H2,1H3. The molecule has 8 heteroatoms. The van der Waals surface area contributed by atoms with Crippen LogP contribution in [0.15, 0.2) is 23.1 Å². The molecular weight excluding hydrogens is 286 g/mol. The van der Waals surface area contributed by atoms with Crippen LogP contribution < -0.4 is 0 Å². The van der Waals surface area contributed by atoms with Crippen molar-refractivity contribution in [2.24, 2.45) is 0 Å². The summed E-state index contributed by atoms with van der Waals surface area (Å²) < 4.78 is 35.7. The van der Waals surface area contributed by atoms with Crippen molar-refractivity contribution >= 4 is 16.0 Å². The number of carbonyl (C=O) groups excluding carboxylic acids is 1. The van der Waals surface area contributed by atoms with Crippen molar-refractivity contribution in [3.05, 3.63) is 23.8 Å². The van der Waals surface area contributed by atoms with Crippen LogP contribution in [-0.2, 0) is 19.5 Å². The summed E-state index contributed by atoms with van der Waals surface area (Å²) in [6, 6.07) is 3.95. The number of phenols is 1. The topological polar surface area (TPSA) is 93.1 Å². The molecule has 1 aliphatic heterocycles. The van der Waals surface area contributed by atoms with Crippen molar-refractivity contribution in [3.8, 4) is 5.75 Å². The van der Waals surface area contributed by atoms with E-state index in [4.69, 9.17) is 4.74 Å². The lowest BCUT2D eigenvalue weighted by Crippen LogP contribution is -2.40. The molecule has 1 heterocycles. The summed E-state index contributed by atoms with van der Waals surface area (Å²) in [6.07, 6.45) is 0. The predicted molar refractivity (Wildman–Crippen MR) is 69.0 cm³/mol. The number of hydrogen-bond acceptors (Lipinski definition) is 6. The van der Waals surface area contributed by atoms with E-state index < -0.39 is 21.7 Å². The fraction of sp³-hybridized carbons (Fsp3) is 0.417. The van der Waals surface area contributed by atoms with Gasteiger partial charge in [0.1, 0.15) is 16.2 Å². The van der Waals surface area contributed by atoms with Crippen LogP contribution in [0.25, 0.3) is 0 Å². The molecule has 0 spiro atoms. The summed E-state index contributed by atoms with van der Waals surface area (Å²) in [4.78, 5) is 11.2. The van der Waals surface area contributed by atoms with E-state index in [1.165, 1.54) is 22.5 Å². The predicted octanol–water partition coefficient (Wildman–Crippen LogP) is 0.200. The molecule has 1 saturated heterocycles. The number of esters is 1. The van der Waals surface area contributed by atoms with Gasteiger partial charge in [0.05, 0.1) is 20.3 Å². The van der Waals surface area contributed by atoms with Crippen LogP contribution in [0, 0.1) is 0 Å². The van der Waals surface area contributed by atoms with Gasteiger partial charge in [-0.3, -0.25) is 0 Å². The number of ether oxygens (including phenoxy) is 2. The number of hydrogen-bond donors (Lipinski definition) is 1. The zero-order valence-corrected chi connectivity index (χ0v) is 11.7. The van der Waals surface area contributed by atoms with Gasteiger partial charge in [0.2, 0.25) is 10.0 Å². The Bertz CT molecular complexity index is 606. The van der Waals surface area contributed by atoms with Crippen molar-refractivity contribution in [1.29, 1.82) is 0 Å². The molecule has 0 radical (unpaired) electrons. The van der Waals surface area contributed by atoms with Crippen LogP contribution in [0.4, 0.5) is 0 Å². The number of para-hydroxylation sites is 1. The second-order valence-electron chi connectivity index (χ2n) is 4.16. The molecule has 1 fully saturated rings. The molecule has 0 unspecified atom stereocenters. The Balaban J connectivity index is 2.44. The summed E-state index contributed by atoms with van der Waals surface area (Å²) in [5.41, 5.74) is -0.179. The number of phenolic OH excluding ortho intramolecular Hbond substituents is 1. The van der Waals surface area contributed by atoms with E-state index in [9.17, 15) is 18.3 Å². The summed E-state index contributed by atoms with van der Waals surface area (Å²) >= 11 is 0. The fourth-order valence-electron chi connectivity index (χ4n) is 1.93. The van der Waals surface area contributed by atoms with Gasteiger partial charge in [-0.25, -0.2) is 13.2 Å².